The number of carbonyl (C=O) groups is 1. The number of hydrogen-bond acceptors (Lipinski definition) is 7. The number of piperazine rings is 1. The van der Waals surface area contributed by atoms with Crippen LogP contribution in [0.1, 0.15) is 26.3 Å². The maximum absolute atomic E-state index is 14.7. The maximum Gasteiger partial charge on any atom is 0.417 e. The molecule has 0 bridgehead atoms. The second-order valence-corrected chi connectivity index (χ2v) is 12.5. The number of aromatic nitrogens is 2. The molecule has 2 aromatic carbocycles. The van der Waals surface area contributed by atoms with Gasteiger partial charge in [-0.1, -0.05) is 17.7 Å². The number of hydrogen-bond donors (Lipinski definition) is 0. The van der Waals surface area contributed by atoms with Crippen molar-refractivity contribution in [3.05, 3.63) is 51.2 Å². The zero-order valence-electron chi connectivity index (χ0n) is 23.3. The van der Waals surface area contributed by atoms with Crippen LogP contribution in [0, 0.1) is 5.82 Å². The van der Waals surface area contributed by atoms with E-state index in [9.17, 15) is 27.2 Å². The monoisotopic (exact) mass is 628 g/mol. The van der Waals surface area contributed by atoms with Crippen molar-refractivity contribution in [2.24, 2.45) is 0 Å². The van der Waals surface area contributed by atoms with Crippen LogP contribution in [-0.4, -0.2) is 71.3 Å². The molecule has 1 unspecified atom stereocenters. The summed E-state index contributed by atoms with van der Waals surface area (Å²) >= 11 is 7.13. The molecule has 14 heteroatoms. The second kappa shape index (κ2) is 11.2. The molecule has 5 rings (SSSR count). The quantitative estimate of drug-likeness (QED) is 0.327. The molecule has 3 aromatic rings. The molecule has 0 aliphatic carbocycles. The highest BCUT2D eigenvalue weighted by Crippen LogP contribution is 2.48. The maximum atomic E-state index is 14.7. The zero-order chi connectivity index (χ0) is 30.6. The topological polar surface area (TPSA) is 76.9 Å². The molecule has 42 heavy (non-hydrogen) atoms. The van der Waals surface area contributed by atoms with E-state index in [2.05, 4.69) is 4.98 Å². The highest BCUT2D eigenvalue weighted by atomic mass is 35.5. The summed E-state index contributed by atoms with van der Waals surface area (Å²) in [6.07, 6.45) is -5.78. The fourth-order valence-corrected chi connectivity index (χ4v) is 6.61. The minimum atomic E-state index is -4.80. The van der Waals surface area contributed by atoms with E-state index in [1.165, 1.54) is 22.6 Å². The number of anilines is 1. The third kappa shape index (κ3) is 5.91. The van der Waals surface area contributed by atoms with Crippen molar-refractivity contribution in [1.29, 1.82) is 0 Å². The largest absolute Gasteiger partial charge is 0.444 e. The first-order chi connectivity index (χ1) is 19.7. The normalized spacial score (nSPS) is 17.9. The summed E-state index contributed by atoms with van der Waals surface area (Å²) in [5.41, 5.74) is -2.13. The predicted molar refractivity (Wildman–Crippen MR) is 153 cm³/mol. The van der Waals surface area contributed by atoms with Crippen LogP contribution >= 0.6 is 23.4 Å². The molecule has 1 amide bonds. The number of thioether (sulfide) groups is 1. The Morgan fingerprint density at radius 1 is 1.12 bits per heavy atom. The molecule has 1 saturated heterocycles. The second-order valence-electron chi connectivity index (χ2n) is 11.1. The lowest BCUT2D eigenvalue weighted by Crippen LogP contribution is -2.50. The third-order valence-corrected chi connectivity index (χ3v) is 8.59. The Kier molecular flexibility index (Phi) is 8.14. The van der Waals surface area contributed by atoms with Crippen LogP contribution in [0.25, 0.3) is 22.0 Å². The number of ether oxygens (including phenoxy) is 2. The van der Waals surface area contributed by atoms with Gasteiger partial charge in [0.15, 0.2) is 0 Å². The molecule has 1 aromatic heterocycles. The van der Waals surface area contributed by atoms with E-state index in [0.717, 1.165) is 30.0 Å². The number of benzene rings is 2. The van der Waals surface area contributed by atoms with E-state index in [0.29, 0.717) is 0 Å². The fourth-order valence-electron chi connectivity index (χ4n) is 5.11. The summed E-state index contributed by atoms with van der Waals surface area (Å²) in [6, 6.07) is 4.41. The number of methoxy groups -OCH3 is 1. The Morgan fingerprint density at radius 3 is 2.40 bits per heavy atom. The predicted octanol–water partition coefficient (Wildman–Crippen LogP) is 6.05. The summed E-state index contributed by atoms with van der Waals surface area (Å²) in [5.74, 6) is -0.400. The first kappa shape index (κ1) is 30.4. The van der Waals surface area contributed by atoms with Crippen LogP contribution in [0.5, 0.6) is 0 Å². The van der Waals surface area contributed by atoms with Gasteiger partial charge in [-0.05, 0) is 44.5 Å². The van der Waals surface area contributed by atoms with Gasteiger partial charge in [-0.2, -0.15) is 18.2 Å². The van der Waals surface area contributed by atoms with Gasteiger partial charge in [0, 0.05) is 54.9 Å². The number of alkyl halides is 3. The Morgan fingerprint density at radius 2 is 1.81 bits per heavy atom. The van der Waals surface area contributed by atoms with Crippen LogP contribution in [0.2, 0.25) is 5.02 Å². The van der Waals surface area contributed by atoms with Crippen LogP contribution in [-0.2, 0) is 22.2 Å². The number of carbonyl (C=O) groups excluding carboxylic acids is 1. The van der Waals surface area contributed by atoms with Crippen LogP contribution in [0.4, 0.5) is 28.2 Å². The summed E-state index contributed by atoms with van der Waals surface area (Å²) in [6.45, 7) is 6.27. The molecule has 3 heterocycles. The van der Waals surface area contributed by atoms with Crippen molar-refractivity contribution in [2.75, 3.05) is 43.9 Å². The molecule has 226 valence electrons. The molecule has 0 saturated carbocycles. The Bertz CT molecular complexity index is 1600. The van der Waals surface area contributed by atoms with E-state index in [4.69, 9.17) is 21.1 Å². The fraction of sp³-hybridized carbons (Fsp3) is 0.464. The van der Waals surface area contributed by atoms with Crippen molar-refractivity contribution < 1.29 is 31.8 Å². The Hall–Kier alpha value is -3.03. The number of rotatable bonds is 3. The van der Waals surface area contributed by atoms with Crippen molar-refractivity contribution in [3.8, 4) is 11.1 Å². The van der Waals surface area contributed by atoms with E-state index in [1.54, 1.807) is 25.7 Å². The van der Waals surface area contributed by atoms with Crippen LogP contribution < -0.4 is 10.6 Å². The minimum Gasteiger partial charge on any atom is -0.444 e. The van der Waals surface area contributed by atoms with E-state index in [1.807, 2.05) is 0 Å². The first-order valence-corrected chi connectivity index (χ1v) is 14.6. The summed E-state index contributed by atoms with van der Waals surface area (Å²) in [5, 5.41) is -0.180. The average Bonchev–Trinajstić information content (AvgIpc) is 3.11. The lowest BCUT2D eigenvalue weighted by molar-refractivity contribution is -0.137. The van der Waals surface area contributed by atoms with Crippen LogP contribution in [0.3, 0.4) is 0 Å². The van der Waals surface area contributed by atoms with Gasteiger partial charge in [-0.3, -0.25) is 4.57 Å². The van der Waals surface area contributed by atoms with Crippen LogP contribution in [0.15, 0.2) is 34.0 Å². The molecule has 0 spiro atoms. The summed E-state index contributed by atoms with van der Waals surface area (Å²) in [4.78, 5) is 33.7. The zero-order valence-corrected chi connectivity index (χ0v) is 24.9. The molecule has 2 aliphatic heterocycles. The standard InChI is InChI=1S/C28H29ClF4N4O4S/c1-27(2,3)41-26(39)36-9-7-35(8-10-36)24-17-12-18(28(31,32)33)21(15-5-6-20(30)19(29)11-15)23-22(17)37(25(38)34-24)13-16(40-4)14-42-23/h5-6,11-12,16H,7-10,13-14H2,1-4H3. The minimum absolute atomic E-state index is 0.0670. The average molecular weight is 629 g/mol. The third-order valence-electron chi connectivity index (χ3n) is 7.08. The van der Waals surface area contributed by atoms with Gasteiger partial charge in [0.25, 0.3) is 0 Å². The lowest BCUT2D eigenvalue weighted by Gasteiger charge is -2.36. The highest BCUT2D eigenvalue weighted by molar-refractivity contribution is 7.99. The summed E-state index contributed by atoms with van der Waals surface area (Å²) < 4.78 is 70.6. The van der Waals surface area contributed by atoms with Gasteiger partial charge in [0.1, 0.15) is 17.2 Å². The van der Waals surface area contributed by atoms with Crippen molar-refractivity contribution in [3.63, 3.8) is 0 Å². The Labute approximate surface area is 248 Å². The van der Waals surface area contributed by atoms with Gasteiger partial charge < -0.3 is 19.3 Å². The molecular formula is C28H29ClF4N4O4S. The van der Waals surface area contributed by atoms with Gasteiger partial charge in [0.05, 0.1) is 28.8 Å². The number of nitrogens with zero attached hydrogens (tertiary/aromatic N) is 4. The summed E-state index contributed by atoms with van der Waals surface area (Å²) in [7, 11) is 1.47. The number of amides is 1. The van der Waals surface area contributed by atoms with E-state index >= 15 is 0 Å². The van der Waals surface area contributed by atoms with Crippen molar-refractivity contribution in [1.82, 2.24) is 14.5 Å². The van der Waals surface area contributed by atoms with Crippen molar-refractivity contribution in [2.45, 2.75) is 50.1 Å². The first-order valence-electron chi connectivity index (χ1n) is 13.2. The molecule has 1 fully saturated rings. The smallest absolute Gasteiger partial charge is 0.417 e. The molecule has 2 aliphatic rings. The Balaban J connectivity index is 1.70. The molecule has 1 atom stereocenters. The highest BCUT2D eigenvalue weighted by Gasteiger charge is 2.39. The number of halogens is 5. The molecule has 0 radical (unpaired) electrons. The van der Waals surface area contributed by atoms with Gasteiger partial charge >= 0.3 is 18.0 Å². The van der Waals surface area contributed by atoms with Gasteiger partial charge in [-0.15, -0.1) is 11.8 Å². The lowest BCUT2D eigenvalue weighted by atomic mass is 9.96. The van der Waals surface area contributed by atoms with Gasteiger partial charge in [-0.25, -0.2) is 14.0 Å². The van der Waals surface area contributed by atoms with E-state index < -0.39 is 41.0 Å². The molecule has 8 nitrogen and oxygen atoms in total. The van der Waals surface area contributed by atoms with E-state index in [-0.39, 0.29) is 76.2 Å². The SMILES string of the molecule is COC1CSc2c(-c3ccc(F)c(Cl)c3)c(C(F)(F)F)cc3c(N4CCN(C(=O)OC(C)(C)C)CC4)nc(=O)n(c23)C1. The van der Waals surface area contributed by atoms with Crippen molar-refractivity contribution >= 4 is 46.2 Å². The molecule has 0 N–H and O–H groups in total. The molecular weight excluding hydrogens is 600 g/mol. The van der Waals surface area contributed by atoms with Gasteiger partial charge in [0.2, 0.25) is 0 Å².